The monoisotopic (exact) mass is 270 g/mol. The Kier molecular flexibility index (Phi) is 3.89. The number of benzene rings is 1. The van der Waals surface area contributed by atoms with E-state index in [1.54, 1.807) is 6.07 Å². The number of carbonyl (C=O) groups excluding carboxylic acids is 1. The van der Waals surface area contributed by atoms with E-state index >= 15 is 0 Å². The molecule has 0 unspecified atom stereocenters. The lowest BCUT2D eigenvalue weighted by Gasteiger charge is -2.24. The van der Waals surface area contributed by atoms with E-state index in [0.717, 1.165) is 5.69 Å². The molecular weight excluding hydrogens is 252 g/mol. The molecule has 2 aromatic rings. The van der Waals surface area contributed by atoms with Crippen LogP contribution in [0.1, 0.15) is 23.0 Å². The first-order valence-corrected chi connectivity index (χ1v) is 6.43. The summed E-state index contributed by atoms with van der Waals surface area (Å²) in [6.07, 6.45) is 0. The van der Waals surface area contributed by atoms with Crippen LogP contribution in [0.5, 0.6) is 0 Å². The van der Waals surface area contributed by atoms with Gasteiger partial charge in [-0.05, 0) is 38.1 Å². The van der Waals surface area contributed by atoms with Crippen LogP contribution in [0.2, 0.25) is 0 Å². The summed E-state index contributed by atoms with van der Waals surface area (Å²) in [7, 11) is 0. The molecule has 0 atom stereocenters. The first-order valence-electron chi connectivity index (χ1n) is 6.43. The predicted molar refractivity (Wildman–Crippen MR) is 81.0 cm³/mol. The molecule has 104 valence electrons. The van der Waals surface area contributed by atoms with Gasteiger partial charge in [-0.3, -0.25) is 4.79 Å². The van der Waals surface area contributed by atoms with Crippen LogP contribution in [-0.4, -0.2) is 17.4 Å². The Labute approximate surface area is 118 Å². The minimum Gasteiger partial charge on any atom is -0.396 e. The lowest BCUT2D eigenvalue weighted by molar-refractivity contribution is 0.0995. The molecule has 2 rings (SSSR count). The maximum atomic E-state index is 11.3. The Morgan fingerprint density at radius 1 is 1.20 bits per heavy atom. The number of primary amides is 1. The second kappa shape index (κ2) is 5.61. The second-order valence-corrected chi connectivity index (χ2v) is 4.55. The second-order valence-electron chi connectivity index (χ2n) is 4.55. The number of aromatic nitrogens is 1. The van der Waals surface area contributed by atoms with Gasteiger partial charge in [-0.25, -0.2) is 4.98 Å². The summed E-state index contributed by atoms with van der Waals surface area (Å²) in [5.41, 5.74) is 14.1. The number of anilines is 3. The minimum absolute atomic E-state index is 0.208. The summed E-state index contributed by atoms with van der Waals surface area (Å²) in [6.45, 7) is 4.71. The van der Waals surface area contributed by atoms with Gasteiger partial charge in [0.15, 0.2) is 5.82 Å². The Balaban J connectivity index is 2.48. The van der Waals surface area contributed by atoms with E-state index in [-0.39, 0.29) is 5.69 Å². The van der Waals surface area contributed by atoms with E-state index in [1.165, 1.54) is 11.6 Å². The number of nitrogens with zero attached hydrogens (tertiary/aromatic N) is 2. The van der Waals surface area contributed by atoms with Crippen molar-refractivity contribution in [3.8, 4) is 0 Å². The number of rotatable bonds is 4. The van der Waals surface area contributed by atoms with Crippen molar-refractivity contribution in [2.45, 2.75) is 13.8 Å². The zero-order valence-corrected chi connectivity index (χ0v) is 11.6. The van der Waals surface area contributed by atoms with Crippen LogP contribution in [0.3, 0.4) is 0 Å². The van der Waals surface area contributed by atoms with E-state index in [0.29, 0.717) is 18.1 Å². The number of amides is 1. The van der Waals surface area contributed by atoms with Crippen LogP contribution in [0, 0.1) is 6.92 Å². The van der Waals surface area contributed by atoms with Gasteiger partial charge in [0, 0.05) is 12.2 Å². The minimum atomic E-state index is -0.564. The summed E-state index contributed by atoms with van der Waals surface area (Å²) in [5.74, 6) is -0.0149. The number of hydrogen-bond donors (Lipinski definition) is 2. The molecule has 1 aromatic heterocycles. The zero-order valence-electron chi connectivity index (χ0n) is 11.6. The highest BCUT2D eigenvalue weighted by Gasteiger charge is 2.14. The largest absolute Gasteiger partial charge is 0.396 e. The molecule has 0 bridgehead atoms. The third-order valence-corrected chi connectivity index (χ3v) is 3.08. The third kappa shape index (κ3) is 2.71. The fourth-order valence-corrected chi connectivity index (χ4v) is 1.99. The normalized spacial score (nSPS) is 10.3. The van der Waals surface area contributed by atoms with Crippen LogP contribution >= 0.6 is 0 Å². The van der Waals surface area contributed by atoms with Crippen molar-refractivity contribution in [1.29, 1.82) is 0 Å². The standard InChI is InChI=1S/C15H18N4O/c1-3-19(11-6-4-10(2)5-7-11)15-12(16)8-9-13(18-15)14(17)20/h4-9H,3,16H2,1-2H3,(H2,17,20). The highest BCUT2D eigenvalue weighted by Crippen LogP contribution is 2.28. The number of aryl methyl sites for hydroxylation is 1. The van der Waals surface area contributed by atoms with Gasteiger partial charge in [-0.2, -0.15) is 0 Å². The van der Waals surface area contributed by atoms with Gasteiger partial charge < -0.3 is 16.4 Å². The quantitative estimate of drug-likeness (QED) is 0.892. The van der Waals surface area contributed by atoms with Crippen molar-refractivity contribution in [1.82, 2.24) is 4.98 Å². The van der Waals surface area contributed by atoms with Crippen LogP contribution in [0.25, 0.3) is 0 Å². The fourth-order valence-electron chi connectivity index (χ4n) is 1.99. The summed E-state index contributed by atoms with van der Waals surface area (Å²) in [5, 5.41) is 0. The maximum Gasteiger partial charge on any atom is 0.267 e. The smallest absolute Gasteiger partial charge is 0.267 e. The van der Waals surface area contributed by atoms with Crippen molar-refractivity contribution >= 4 is 23.1 Å². The molecule has 4 N–H and O–H groups in total. The van der Waals surface area contributed by atoms with Crippen LogP contribution in [0.15, 0.2) is 36.4 Å². The summed E-state index contributed by atoms with van der Waals surface area (Å²) in [4.78, 5) is 17.5. The first-order chi connectivity index (χ1) is 9.52. The average molecular weight is 270 g/mol. The Morgan fingerprint density at radius 2 is 1.85 bits per heavy atom. The third-order valence-electron chi connectivity index (χ3n) is 3.08. The molecule has 0 spiro atoms. The Hall–Kier alpha value is -2.56. The summed E-state index contributed by atoms with van der Waals surface area (Å²) >= 11 is 0. The molecule has 0 fully saturated rings. The average Bonchev–Trinajstić information content (AvgIpc) is 2.43. The zero-order chi connectivity index (χ0) is 14.7. The highest BCUT2D eigenvalue weighted by molar-refractivity contribution is 5.92. The van der Waals surface area contributed by atoms with Gasteiger partial charge in [0.2, 0.25) is 0 Å². The summed E-state index contributed by atoms with van der Waals surface area (Å²) < 4.78 is 0. The van der Waals surface area contributed by atoms with Crippen LogP contribution in [0.4, 0.5) is 17.2 Å². The van der Waals surface area contributed by atoms with Crippen molar-refractivity contribution in [3.63, 3.8) is 0 Å². The fraction of sp³-hybridized carbons (Fsp3) is 0.200. The molecule has 1 aromatic carbocycles. The van der Waals surface area contributed by atoms with E-state index in [9.17, 15) is 4.79 Å². The molecule has 0 aliphatic rings. The van der Waals surface area contributed by atoms with Gasteiger partial charge >= 0.3 is 0 Å². The van der Waals surface area contributed by atoms with Crippen molar-refractivity contribution in [2.75, 3.05) is 17.2 Å². The topological polar surface area (TPSA) is 85.2 Å². The molecule has 0 saturated carbocycles. The van der Waals surface area contributed by atoms with Gasteiger partial charge in [0.05, 0.1) is 5.69 Å². The van der Waals surface area contributed by atoms with Gasteiger partial charge in [-0.15, -0.1) is 0 Å². The molecule has 5 heteroatoms. The van der Waals surface area contributed by atoms with Gasteiger partial charge in [0.1, 0.15) is 5.69 Å². The number of carbonyl (C=O) groups is 1. The lowest BCUT2D eigenvalue weighted by atomic mass is 10.2. The van der Waals surface area contributed by atoms with Crippen molar-refractivity contribution in [3.05, 3.63) is 47.7 Å². The molecule has 0 aliphatic carbocycles. The number of nitrogen functional groups attached to an aromatic ring is 1. The summed E-state index contributed by atoms with van der Waals surface area (Å²) in [6, 6.07) is 11.2. The van der Waals surface area contributed by atoms with E-state index in [4.69, 9.17) is 11.5 Å². The number of hydrogen-bond acceptors (Lipinski definition) is 4. The molecule has 0 saturated heterocycles. The molecule has 5 nitrogen and oxygen atoms in total. The number of nitrogens with two attached hydrogens (primary N) is 2. The SMILES string of the molecule is CCN(c1ccc(C)cc1)c1nc(C(N)=O)ccc1N. The first kappa shape index (κ1) is 13.9. The van der Waals surface area contributed by atoms with Crippen LogP contribution in [-0.2, 0) is 0 Å². The maximum absolute atomic E-state index is 11.3. The number of pyridine rings is 1. The molecule has 1 heterocycles. The molecule has 0 aliphatic heterocycles. The van der Waals surface area contributed by atoms with E-state index in [1.807, 2.05) is 43.0 Å². The Morgan fingerprint density at radius 3 is 2.40 bits per heavy atom. The molecular formula is C15H18N4O. The lowest BCUT2D eigenvalue weighted by Crippen LogP contribution is -2.21. The highest BCUT2D eigenvalue weighted by atomic mass is 16.1. The van der Waals surface area contributed by atoms with Gasteiger partial charge in [-0.1, -0.05) is 17.7 Å². The molecule has 1 amide bonds. The van der Waals surface area contributed by atoms with Crippen molar-refractivity contribution < 1.29 is 4.79 Å². The molecule has 20 heavy (non-hydrogen) atoms. The van der Waals surface area contributed by atoms with E-state index < -0.39 is 5.91 Å². The van der Waals surface area contributed by atoms with Crippen molar-refractivity contribution in [2.24, 2.45) is 5.73 Å². The van der Waals surface area contributed by atoms with E-state index in [2.05, 4.69) is 4.98 Å². The Bertz CT molecular complexity index is 622. The molecule has 0 radical (unpaired) electrons. The predicted octanol–water partition coefficient (Wildman–Crippen LogP) is 2.23. The van der Waals surface area contributed by atoms with Crippen LogP contribution < -0.4 is 16.4 Å². The van der Waals surface area contributed by atoms with Gasteiger partial charge in [0.25, 0.3) is 5.91 Å².